The number of aliphatic imine (C=N–C) groups is 1. The molecule has 29 heteroatoms. The molecule has 2 heterocycles. The van der Waals surface area contributed by atoms with Crippen molar-refractivity contribution in [2.75, 3.05) is 38.2 Å². The van der Waals surface area contributed by atoms with E-state index in [9.17, 15) is 57.5 Å². The number of nitrogens with two attached hydrogens (primary N) is 5. The van der Waals surface area contributed by atoms with Gasteiger partial charge in [-0.2, -0.15) is 11.8 Å². The van der Waals surface area contributed by atoms with Crippen LogP contribution in [-0.4, -0.2) is 174 Å². The lowest BCUT2D eigenvalue weighted by molar-refractivity contribution is -0.143. The average molecular weight is 1190 g/mol. The second-order valence-corrected chi connectivity index (χ2v) is 22.3. The highest BCUT2D eigenvalue weighted by atomic mass is 32.2. The Kier molecular flexibility index (Phi) is 30.3. The largest absolute Gasteiger partial charge is 0.370 e. The smallest absolute Gasteiger partial charge is 0.246 e. The molecule has 0 unspecified atom stereocenters. The molecule has 83 heavy (non-hydrogen) atoms. The van der Waals surface area contributed by atoms with Gasteiger partial charge in [-0.3, -0.25) is 62.5 Å². The fourth-order valence-electron chi connectivity index (χ4n) is 9.37. The number of primary amides is 2. The van der Waals surface area contributed by atoms with Gasteiger partial charge in [-0.15, -0.1) is 0 Å². The van der Waals surface area contributed by atoms with Gasteiger partial charge < -0.3 is 81.4 Å². The molecule has 0 radical (unpaired) electrons. The van der Waals surface area contributed by atoms with E-state index < -0.39 is 138 Å². The molecule has 2 aliphatic rings. The van der Waals surface area contributed by atoms with Crippen molar-refractivity contribution in [2.24, 2.45) is 45.5 Å². The van der Waals surface area contributed by atoms with Gasteiger partial charge in [0.15, 0.2) is 5.96 Å². The summed E-state index contributed by atoms with van der Waals surface area (Å²) in [5.41, 5.74) is 28.6. The number of thioether (sulfide) groups is 1. The number of unbranched alkanes of at least 4 members (excludes halogenated alkanes) is 1. The van der Waals surface area contributed by atoms with Gasteiger partial charge in [-0.1, -0.05) is 64.4 Å². The number of carbonyl (C=O) groups excluding carboxylic acids is 12. The highest BCUT2D eigenvalue weighted by Crippen LogP contribution is 2.21. The number of benzene rings is 1. The van der Waals surface area contributed by atoms with Crippen LogP contribution in [0.1, 0.15) is 117 Å². The van der Waals surface area contributed by atoms with Crippen molar-refractivity contribution in [3.63, 3.8) is 0 Å². The number of hydrogen-bond donors (Lipinski definition) is 14. The number of amides is 12. The maximum Gasteiger partial charge on any atom is 0.246 e. The van der Waals surface area contributed by atoms with E-state index in [1.807, 2.05) is 20.1 Å². The number of likely N-dealkylation sites (tertiary alicyclic amines) is 1. The summed E-state index contributed by atoms with van der Waals surface area (Å²) in [7, 11) is 0. The van der Waals surface area contributed by atoms with Gasteiger partial charge in [0, 0.05) is 25.9 Å². The third kappa shape index (κ3) is 24.4. The molecule has 0 bridgehead atoms. The summed E-state index contributed by atoms with van der Waals surface area (Å²) >= 11 is 1.47. The molecule has 2 saturated heterocycles. The molecule has 1 aromatic carbocycles. The van der Waals surface area contributed by atoms with Crippen LogP contribution in [0.5, 0.6) is 0 Å². The van der Waals surface area contributed by atoms with Crippen molar-refractivity contribution in [1.82, 2.24) is 52.8 Å². The number of nitrogens with zero attached hydrogens (tertiary/aromatic N) is 2. The summed E-state index contributed by atoms with van der Waals surface area (Å²) in [6.45, 7) is 6.93. The zero-order valence-electron chi connectivity index (χ0n) is 48.3. The predicted molar refractivity (Wildman–Crippen MR) is 310 cm³/mol. The molecule has 10 atom stereocenters. The summed E-state index contributed by atoms with van der Waals surface area (Å²) in [5.74, 6) is -8.97. The highest BCUT2D eigenvalue weighted by Gasteiger charge is 2.41. The van der Waals surface area contributed by atoms with E-state index in [2.05, 4.69) is 52.8 Å². The number of nitrogens with one attached hydrogen (secondary N) is 9. The minimum atomic E-state index is -1.46. The molecule has 0 aromatic heterocycles. The summed E-state index contributed by atoms with van der Waals surface area (Å²) in [4.78, 5) is 167. The molecular formula is C54H88N16O12S. The summed E-state index contributed by atoms with van der Waals surface area (Å²) in [6, 6.07) is -2.22. The Morgan fingerprint density at radius 2 is 1.33 bits per heavy atom. The Balaban J connectivity index is 1.88. The maximum atomic E-state index is 14.6. The Morgan fingerprint density at radius 3 is 1.92 bits per heavy atom. The van der Waals surface area contributed by atoms with E-state index in [-0.39, 0.29) is 95.2 Å². The molecule has 1 aromatic rings. The molecular weight excluding hydrogens is 1100 g/mol. The van der Waals surface area contributed by atoms with Crippen molar-refractivity contribution >= 4 is 88.6 Å². The van der Waals surface area contributed by atoms with Crippen LogP contribution < -0.4 is 76.5 Å². The highest BCUT2D eigenvalue weighted by molar-refractivity contribution is 7.98. The Bertz CT molecular complexity index is 2430. The van der Waals surface area contributed by atoms with Crippen LogP contribution in [0.3, 0.4) is 0 Å². The molecule has 462 valence electrons. The number of guanidine groups is 1. The quantitative estimate of drug-likeness (QED) is 0.0174. The summed E-state index contributed by atoms with van der Waals surface area (Å²) in [5, 5.41) is 23.8. The minimum absolute atomic E-state index is 0.0357. The number of hydrogen-bond acceptors (Lipinski definition) is 15. The van der Waals surface area contributed by atoms with E-state index in [1.165, 1.54) is 16.7 Å². The first kappa shape index (κ1) is 69.7. The lowest BCUT2D eigenvalue weighted by Crippen LogP contribution is -2.60. The van der Waals surface area contributed by atoms with E-state index in [0.29, 0.717) is 37.0 Å². The van der Waals surface area contributed by atoms with Crippen molar-refractivity contribution in [3.05, 3.63) is 35.9 Å². The molecule has 0 spiro atoms. The van der Waals surface area contributed by atoms with Crippen molar-refractivity contribution < 1.29 is 57.5 Å². The van der Waals surface area contributed by atoms with E-state index in [4.69, 9.17) is 28.7 Å². The van der Waals surface area contributed by atoms with Crippen LogP contribution >= 0.6 is 11.8 Å². The van der Waals surface area contributed by atoms with Gasteiger partial charge in [0.2, 0.25) is 70.9 Å². The standard InChI is InChI=1S/C54H88N16O12S/c1-6-31(4)44(52(81)61-29-43(73)63-37(26-30(2)3)49(78)64-33(45(57)74)21-25-83-5)69-50(79)38(27-32-14-8-7-9-15-32)67-47(76)35(17-12-23-60-54(58)59)65-46(75)34(16-10-11-22-55)66-51(80)40-18-13-24-70(40)53(82)39(28-41(56)71)68-48(77)36-19-20-42(72)62-36/h7-9,14-15,30-31,33-40,44H,6,10-13,16-29,55H2,1-5H3,(H2,56,71)(H2,57,74)(H,61,81)(H,62,72)(H,63,73)(H,64,78)(H,65,75)(H,66,80)(H,67,76)(H,68,77)(H,69,79)(H4,58,59,60)/t31-,33-,34-,35-,36-,37-,38-,39-,40-,44-/m0/s1. The van der Waals surface area contributed by atoms with Crippen LogP contribution in [0.15, 0.2) is 35.3 Å². The van der Waals surface area contributed by atoms with Gasteiger partial charge >= 0.3 is 0 Å². The van der Waals surface area contributed by atoms with Crippen LogP contribution in [0, 0.1) is 11.8 Å². The third-order valence-electron chi connectivity index (χ3n) is 14.1. The van der Waals surface area contributed by atoms with Crippen molar-refractivity contribution in [1.29, 1.82) is 0 Å². The van der Waals surface area contributed by atoms with E-state index in [0.717, 1.165) is 0 Å². The van der Waals surface area contributed by atoms with Crippen LogP contribution in [0.4, 0.5) is 0 Å². The van der Waals surface area contributed by atoms with Crippen molar-refractivity contribution in [3.8, 4) is 0 Å². The van der Waals surface area contributed by atoms with E-state index in [1.54, 1.807) is 44.2 Å². The van der Waals surface area contributed by atoms with Crippen LogP contribution in [-0.2, 0) is 64.0 Å². The maximum absolute atomic E-state index is 14.6. The molecule has 0 saturated carbocycles. The first-order valence-electron chi connectivity index (χ1n) is 28.2. The SMILES string of the molecule is CC[C@H](C)[C@H](NC(=O)[C@H](Cc1ccccc1)NC(=O)[C@H](CCCN=C(N)N)NC(=O)[C@H](CCCCN)NC(=O)[C@@H]1CCCN1C(=O)[C@H](CC(N)=O)NC(=O)[C@@H]1CCC(=O)N1)C(=O)NCC(=O)N[C@@H](CC(C)C)C(=O)N[C@@H](CCSC)C(N)=O. The monoisotopic (exact) mass is 1180 g/mol. The zero-order valence-corrected chi connectivity index (χ0v) is 49.1. The lowest BCUT2D eigenvalue weighted by Gasteiger charge is -2.30. The Hall–Kier alpha value is -7.56. The molecule has 19 N–H and O–H groups in total. The summed E-state index contributed by atoms with van der Waals surface area (Å²) in [6.07, 6.45) is 3.67. The Morgan fingerprint density at radius 1 is 0.711 bits per heavy atom. The third-order valence-corrected chi connectivity index (χ3v) is 14.7. The van der Waals surface area contributed by atoms with Gasteiger partial charge in [0.25, 0.3) is 0 Å². The summed E-state index contributed by atoms with van der Waals surface area (Å²) < 4.78 is 0. The fourth-order valence-corrected chi connectivity index (χ4v) is 9.84. The second-order valence-electron chi connectivity index (χ2n) is 21.3. The molecule has 2 fully saturated rings. The number of carbonyl (C=O) groups is 12. The van der Waals surface area contributed by atoms with Gasteiger partial charge in [-0.25, -0.2) is 0 Å². The number of rotatable bonds is 37. The van der Waals surface area contributed by atoms with E-state index >= 15 is 0 Å². The second kappa shape index (κ2) is 36.1. The normalized spacial score (nSPS) is 17.6. The Labute approximate surface area is 488 Å². The molecule has 12 amide bonds. The average Bonchev–Trinajstić information content (AvgIpc) is 4.19. The zero-order chi connectivity index (χ0) is 61.8. The van der Waals surface area contributed by atoms with Gasteiger partial charge in [0.1, 0.15) is 54.4 Å². The van der Waals surface area contributed by atoms with Crippen LogP contribution in [0.25, 0.3) is 0 Å². The van der Waals surface area contributed by atoms with Gasteiger partial charge in [0.05, 0.1) is 13.0 Å². The molecule has 0 aliphatic carbocycles. The topological polar surface area (TPSA) is 459 Å². The minimum Gasteiger partial charge on any atom is -0.370 e. The molecule has 3 rings (SSSR count). The lowest BCUT2D eigenvalue weighted by atomic mass is 9.97. The first-order chi connectivity index (χ1) is 39.4. The predicted octanol–water partition coefficient (Wildman–Crippen LogP) is -3.60. The molecule has 28 nitrogen and oxygen atoms in total. The van der Waals surface area contributed by atoms with Crippen LogP contribution in [0.2, 0.25) is 0 Å². The fraction of sp³-hybridized carbons (Fsp3) is 0.648. The molecule has 2 aliphatic heterocycles. The first-order valence-corrected chi connectivity index (χ1v) is 29.6. The van der Waals surface area contributed by atoms with Crippen molar-refractivity contribution in [2.45, 2.75) is 172 Å². The van der Waals surface area contributed by atoms with Gasteiger partial charge in [-0.05, 0) is 100 Å².